The monoisotopic (exact) mass is 278 g/mol. The van der Waals surface area contributed by atoms with Gasteiger partial charge in [0, 0.05) is 11.1 Å². The van der Waals surface area contributed by atoms with Gasteiger partial charge in [-0.1, -0.05) is 18.3 Å². The molecule has 2 rings (SSSR count). The number of nitrogens with one attached hydrogen (secondary N) is 1. The van der Waals surface area contributed by atoms with Crippen LogP contribution in [-0.2, 0) is 0 Å². The second-order valence-corrected chi connectivity index (χ2v) is 5.34. The maximum absolute atomic E-state index is 5.67. The number of nitrogens with zero attached hydrogens (tertiary/aromatic N) is 2. The minimum Gasteiger partial charge on any atom is -0.389 e. The number of thiophene rings is 1. The van der Waals surface area contributed by atoms with Crippen LogP contribution in [0.15, 0.2) is 23.7 Å². The van der Waals surface area contributed by atoms with Gasteiger partial charge in [0.1, 0.15) is 16.6 Å². The van der Waals surface area contributed by atoms with Gasteiger partial charge >= 0.3 is 0 Å². The van der Waals surface area contributed by atoms with Gasteiger partial charge in [0.25, 0.3) is 0 Å². The first-order valence-corrected chi connectivity index (χ1v) is 6.80. The summed E-state index contributed by atoms with van der Waals surface area (Å²) in [7, 11) is 0. The van der Waals surface area contributed by atoms with Gasteiger partial charge in [-0.15, -0.1) is 11.3 Å². The predicted molar refractivity (Wildman–Crippen MR) is 79.0 cm³/mol. The van der Waals surface area contributed by atoms with E-state index >= 15 is 0 Å². The zero-order valence-corrected chi connectivity index (χ0v) is 11.8. The van der Waals surface area contributed by atoms with Crippen molar-refractivity contribution in [1.29, 1.82) is 0 Å². The highest BCUT2D eigenvalue weighted by Crippen LogP contribution is 2.23. The lowest BCUT2D eigenvalue weighted by Gasteiger charge is -2.15. The molecule has 0 bridgehead atoms. The van der Waals surface area contributed by atoms with E-state index in [1.807, 2.05) is 18.4 Å². The summed E-state index contributed by atoms with van der Waals surface area (Å²) in [6.07, 6.45) is 1.66. The lowest BCUT2D eigenvalue weighted by molar-refractivity contribution is 0.885. The molecule has 0 amide bonds. The quantitative estimate of drug-likeness (QED) is 0.842. The Morgan fingerprint density at radius 1 is 1.56 bits per heavy atom. The van der Waals surface area contributed by atoms with Crippen LogP contribution in [0.3, 0.4) is 0 Å². The molecule has 0 radical (unpaired) electrons. The van der Waals surface area contributed by atoms with E-state index in [1.54, 1.807) is 17.5 Å². The van der Waals surface area contributed by atoms with Crippen LogP contribution in [0.1, 0.15) is 29.2 Å². The fraction of sp³-hybridized carbons (Fsp3) is 0.250. The largest absolute Gasteiger partial charge is 0.389 e. The normalized spacial score (nSPS) is 12.1. The van der Waals surface area contributed by atoms with Crippen molar-refractivity contribution in [2.45, 2.75) is 19.9 Å². The SMILES string of the molecule is Cc1ncc(C(N)=S)c(NC(C)c2cccs2)n1. The van der Waals surface area contributed by atoms with Gasteiger partial charge in [-0.3, -0.25) is 0 Å². The van der Waals surface area contributed by atoms with E-state index in [0.29, 0.717) is 22.2 Å². The number of aromatic nitrogens is 2. The fourth-order valence-electron chi connectivity index (χ4n) is 1.57. The molecule has 0 aliphatic heterocycles. The second-order valence-electron chi connectivity index (χ2n) is 3.93. The Morgan fingerprint density at radius 3 is 2.94 bits per heavy atom. The molecule has 0 aliphatic carbocycles. The standard InChI is InChI=1S/C12H14N4S2/c1-7(10-4-3-5-18-10)15-12-9(11(13)17)6-14-8(2)16-12/h3-7H,1-2H3,(H2,13,17)(H,14,15,16). The topological polar surface area (TPSA) is 63.8 Å². The van der Waals surface area contributed by atoms with E-state index in [0.717, 1.165) is 0 Å². The molecule has 1 unspecified atom stereocenters. The molecule has 4 nitrogen and oxygen atoms in total. The Morgan fingerprint density at radius 2 is 2.33 bits per heavy atom. The van der Waals surface area contributed by atoms with Gasteiger partial charge in [0.2, 0.25) is 0 Å². The number of thiocarbonyl (C=S) groups is 1. The second kappa shape index (κ2) is 5.41. The Balaban J connectivity index is 2.28. The Bertz CT molecular complexity index is 551. The average Bonchev–Trinajstić information content (AvgIpc) is 2.81. The van der Waals surface area contributed by atoms with Crippen LogP contribution in [0, 0.1) is 6.92 Å². The first-order chi connectivity index (χ1) is 8.58. The number of aryl methyl sites for hydroxylation is 1. The highest BCUT2D eigenvalue weighted by atomic mass is 32.1. The molecule has 18 heavy (non-hydrogen) atoms. The Kier molecular flexibility index (Phi) is 3.88. The van der Waals surface area contributed by atoms with Gasteiger partial charge in [-0.2, -0.15) is 0 Å². The smallest absolute Gasteiger partial charge is 0.140 e. The van der Waals surface area contributed by atoms with Crippen molar-refractivity contribution in [1.82, 2.24) is 9.97 Å². The average molecular weight is 278 g/mol. The Labute approximate surface area is 115 Å². The first kappa shape index (κ1) is 12.9. The minimum absolute atomic E-state index is 0.160. The van der Waals surface area contributed by atoms with Gasteiger partial charge in [0.05, 0.1) is 11.6 Å². The molecule has 0 saturated heterocycles. The maximum Gasteiger partial charge on any atom is 0.140 e. The number of nitrogens with two attached hydrogens (primary N) is 1. The Hall–Kier alpha value is -1.53. The lowest BCUT2D eigenvalue weighted by Crippen LogP contribution is -2.17. The van der Waals surface area contributed by atoms with Gasteiger partial charge in [-0.25, -0.2) is 9.97 Å². The van der Waals surface area contributed by atoms with Crippen LogP contribution in [0.5, 0.6) is 0 Å². The lowest BCUT2D eigenvalue weighted by atomic mass is 10.2. The van der Waals surface area contributed by atoms with Gasteiger partial charge in [-0.05, 0) is 25.3 Å². The van der Waals surface area contributed by atoms with Crippen LogP contribution in [0.4, 0.5) is 5.82 Å². The van der Waals surface area contributed by atoms with Crippen LogP contribution < -0.4 is 11.1 Å². The highest BCUT2D eigenvalue weighted by Gasteiger charge is 2.12. The maximum atomic E-state index is 5.67. The zero-order valence-electron chi connectivity index (χ0n) is 10.2. The molecule has 2 aromatic rings. The van der Waals surface area contributed by atoms with Crippen LogP contribution >= 0.6 is 23.6 Å². The molecule has 0 aliphatic rings. The van der Waals surface area contributed by atoms with E-state index in [4.69, 9.17) is 18.0 Å². The van der Waals surface area contributed by atoms with E-state index in [2.05, 4.69) is 28.3 Å². The first-order valence-electron chi connectivity index (χ1n) is 5.51. The van der Waals surface area contributed by atoms with Crippen molar-refractivity contribution in [2.75, 3.05) is 5.32 Å². The zero-order chi connectivity index (χ0) is 13.1. The summed E-state index contributed by atoms with van der Waals surface area (Å²) in [4.78, 5) is 10.0. The molecule has 0 aromatic carbocycles. The van der Waals surface area contributed by atoms with Crippen molar-refractivity contribution in [3.8, 4) is 0 Å². The van der Waals surface area contributed by atoms with E-state index in [-0.39, 0.29) is 6.04 Å². The highest BCUT2D eigenvalue weighted by molar-refractivity contribution is 7.80. The molecule has 1 atom stereocenters. The van der Waals surface area contributed by atoms with E-state index in [9.17, 15) is 0 Å². The summed E-state index contributed by atoms with van der Waals surface area (Å²) >= 11 is 6.70. The molecule has 2 heterocycles. The summed E-state index contributed by atoms with van der Waals surface area (Å²) in [6.45, 7) is 3.91. The molecule has 3 N–H and O–H groups in total. The summed E-state index contributed by atoms with van der Waals surface area (Å²) in [6, 6.07) is 4.27. The molecule has 6 heteroatoms. The molecule has 0 fully saturated rings. The molecular weight excluding hydrogens is 264 g/mol. The third-order valence-electron chi connectivity index (χ3n) is 2.50. The van der Waals surface area contributed by atoms with Crippen molar-refractivity contribution < 1.29 is 0 Å². The summed E-state index contributed by atoms with van der Waals surface area (Å²) in [5, 5.41) is 5.38. The van der Waals surface area contributed by atoms with Gasteiger partial charge < -0.3 is 11.1 Å². The number of anilines is 1. The molecule has 0 spiro atoms. The molecule has 2 aromatic heterocycles. The van der Waals surface area contributed by atoms with Crippen molar-refractivity contribution in [2.24, 2.45) is 5.73 Å². The third kappa shape index (κ3) is 2.83. The number of rotatable bonds is 4. The van der Waals surface area contributed by atoms with Gasteiger partial charge in [0.15, 0.2) is 0 Å². The number of hydrogen-bond donors (Lipinski definition) is 2. The summed E-state index contributed by atoms with van der Waals surface area (Å²) in [5.74, 6) is 1.38. The van der Waals surface area contributed by atoms with E-state index in [1.165, 1.54) is 4.88 Å². The molecule has 94 valence electrons. The minimum atomic E-state index is 0.160. The van der Waals surface area contributed by atoms with Crippen molar-refractivity contribution >= 4 is 34.4 Å². The number of hydrogen-bond acceptors (Lipinski definition) is 5. The summed E-state index contributed by atoms with van der Waals surface area (Å²) < 4.78 is 0. The molecule has 0 saturated carbocycles. The fourth-order valence-corrected chi connectivity index (χ4v) is 2.46. The van der Waals surface area contributed by atoms with Crippen molar-refractivity contribution in [3.63, 3.8) is 0 Å². The predicted octanol–water partition coefficient (Wildman–Crippen LogP) is 2.65. The van der Waals surface area contributed by atoms with E-state index < -0.39 is 0 Å². The van der Waals surface area contributed by atoms with Crippen LogP contribution in [0.25, 0.3) is 0 Å². The van der Waals surface area contributed by atoms with Crippen LogP contribution in [-0.4, -0.2) is 15.0 Å². The van der Waals surface area contributed by atoms with Crippen LogP contribution in [0.2, 0.25) is 0 Å². The van der Waals surface area contributed by atoms with Crippen molar-refractivity contribution in [3.05, 3.63) is 40.0 Å². The molecular formula is C12H14N4S2. The third-order valence-corrected chi connectivity index (χ3v) is 3.77. The summed E-state index contributed by atoms with van der Waals surface area (Å²) in [5.41, 5.74) is 6.35.